The van der Waals surface area contributed by atoms with E-state index in [1.54, 1.807) is 24.8 Å². The summed E-state index contributed by atoms with van der Waals surface area (Å²) < 4.78 is 65.6. The second kappa shape index (κ2) is 8.71. The lowest BCUT2D eigenvalue weighted by Crippen LogP contribution is -2.50. The Kier molecular flexibility index (Phi) is 6.44. The third-order valence-electron chi connectivity index (χ3n) is 5.23. The maximum Gasteiger partial charge on any atom is 0.416 e. The van der Waals surface area contributed by atoms with E-state index in [1.807, 2.05) is 4.90 Å². The van der Waals surface area contributed by atoms with Gasteiger partial charge in [0, 0.05) is 38.4 Å². The van der Waals surface area contributed by atoms with Gasteiger partial charge in [-0.15, -0.1) is 0 Å². The number of benzene rings is 1. The maximum atomic E-state index is 12.9. The molecule has 2 aromatic rings. The summed E-state index contributed by atoms with van der Waals surface area (Å²) in [7, 11) is 0. The predicted octanol–water partition coefficient (Wildman–Crippen LogP) is 4.05. The number of hydrogen-bond donors (Lipinski definition) is 0. The first kappa shape index (κ1) is 22.2. The van der Waals surface area contributed by atoms with Crippen LogP contribution in [0.15, 0.2) is 30.3 Å². The quantitative estimate of drug-likeness (QED) is 0.672. The minimum Gasteiger partial charge on any atom is -0.338 e. The van der Waals surface area contributed by atoms with Gasteiger partial charge in [-0.3, -0.25) is 14.4 Å². The molecule has 1 aliphatic heterocycles. The average Bonchev–Trinajstić information content (AvgIpc) is 3.09. The molecule has 0 N–H and O–H groups in total. The zero-order valence-corrected chi connectivity index (χ0v) is 16.7. The van der Waals surface area contributed by atoms with Gasteiger partial charge in [0.05, 0.1) is 5.56 Å². The number of alkyl halides is 5. The van der Waals surface area contributed by atoms with Crippen molar-refractivity contribution in [1.29, 1.82) is 0 Å². The van der Waals surface area contributed by atoms with Crippen molar-refractivity contribution >= 4 is 5.91 Å². The van der Waals surface area contributed by atoms with Crippen LogP contribution in [0.25, 0.3) is 0 Å². The molecule has 0 radical (unpaired) electrons. The van der Waals surface area contributed by atoms with Crippen LogP contribution in [0.3, 0.4) is 0 Å². The number of aromatic nitrogens is 2. The number of carbonyl (C=O) groups excluding carboxylic acids is 1. The van der Waals surface area contributed by atoms with Crippen LogP contribution in [0.2, 0.25) is 0 Å². The van der Waals surface area contributed by atoms with Crippen LogP contribution in [0.4, 0.5) is 22.0 Å². The molecule has 1 aromatic carbocycles. The smallest absolute Gasteiger partial charge is 0.338 e. The van der Waals surface area contributed by atoms with E-state index in [9.17, 15) is 26.7 Å². The van der Waals surface area contributed by atoms with Crippen molar-refractivity contribution in [3.05, 3.63) is 52.8 Å². The summed E-state index contributed by atoms with van der Waals surface area (Å²) in [6.07, 6.45) is -7.09. The van der Waals surface area contributed by atoms with Crippen LogP contribution in [-0.4, -0.2) is 51.7 Å². The molecule has 1 unspecified atom stereocenters. The molecule has 0 spiro atoms. The highest BCUT2D eigenvalue weighted by atomic mass is 19.4. The Morgan fingerprint density at radius 2 is 1.80 bits per heavy atom. The Balaban J connectivity index is 1.58. The summed E-state index contributed by atoms with van der Waals surface area (Å²) in [4.78, 5) is 16.4. The molecule has 0 bridgehead atoms. The second-order valence-electron chi connectivity index (χ2n) is 7.43. The fourth-order valence-corrected chi connectivity index (χ4v) is 3.61. The zero-order chi connectivity index (χ0) is 22.1. The molecule has 1 amide bonds. The lowest BCUT2D eigenvalue weighted by atomic mass is 10.1. The van der Waals surface area contributed by atoms with E-state index in [2.05, 4.69) is 5.10 Å². The third-order valence-corrected chi connectivity index (χ3v) is 5.23. The first-order valence-electron chi connectivity index (χ1n) is 9.57. The fraction of sp³-hybridized carbons (Fsp3) is 0.500. The van der Waals surface area contributed by atoms with Gasteiger partial charge in [-0.05, 0) is 31.5 Å². The van der Waals surface area contributed by atoms with Gasteiger partial charge in [0.15, 0.2) is 0 Å². The highest BCUT2D eigenvalue weighted by Crippen LogP contribution is 2.30. The summed E-state index contributed by atoms with van der Waals surface area (Å²) in [5.41, 5.74) is -0.00236. The number of nitrogens with zero attached hydrogens (tertiary/aromatic N) is 4. The molecule has 3 rings (SSSR count). The number of piperazine rings is 1. The number of halogens is 5. The van der Waals surface area contributed by atoms with Crippen molar-refractivity contribution in [2.24, 2.45) is 0 Å². The molecule has 1 saturated heterocycles. The van der Waals surface area contributed by atoms with Crippen molar-refractivity contribution in [2.45, 2.75) is 39.0 Å². The zero-order valence-electron chi connectivity index (χ0n) is 16.7. The van der Waals surface area contributed by atoms with Gasteiger partial charge in [-0.25, -0.2) is 8.78 Å². The van der Waals surface area contributed by atoms with E-state index in [-0.39, 0.29) is 11.6 Å². The molecule has 2 heterocycles. The van der Waals surface area contributed by atoms with Gasteiger partial charge in [-0.2, -0.15) is 18.3 Å². The number of aryl methyl sites for hydroxylation is 1. The Bertz CT molecular complexity index is 888. The summed E-state index contributed by atoms with van der Waals surface area (Å²) in [6, 6.07) is 5.77. The lowest BCUT2D eigenvalue weighted by molar-refractivity contribution is -0.138. The molecule has 0 aliphatic carbocycles. The Hall–Kier alpha value is -2.49. The monoisotopic (exact) mass is 430 g/mol. The van der Waals surface area contributed by atoms with E-state index in [0.717, 1.165) is 12.1 Å². The van der Waals surface area contributed by atoms with E-state index in [0.29, 0.717) is 44.0 Å². The molecule has 0 saturated carbocycles. The Morgan fingerprint density at radius 3 is 2.37 bits per heavy atom. The molecular formula is C20H23F5N4O. The van der Waals surface area contributed by atoms with Crippen LogP contribution in [0.1, 0.15) is 41.9 Å². The first-order chi connectivity index (χ1) is 14.1. The van der Waals surface area contributed by atoms with Gasteiger partial charge in [0.25, 0.3) is 6.43 Å². The van der Waals surface area contributed by atoms with E-state index < -0.39 is 24.2 Å². The van der Waals surface area contributed by atoms with Gasteiger partial charge < -0.3 is 4.90 Å². The SMILES string of the molecule is Cc1cc(C(F)F)nn1C(C)C(=O)N1CCN(Cc2cccc(C(F)(F)F)c2)CC1. The van der Waals surface area contributed by atoms with Crippen LogP contribution in [0.5, 0.6) is 0 Å². The summed E-state index contributed by atoms with van der Waals surface area (Å²) in [6.45, 7) is 5.43. The van der Waals surface area contributed by atoms with Crippen molar-refractivity contribution in [1.82, 2.24) is 19.6 Å². The van der Waals surface area contributed by atoms with Gasteiger partial charge in [-0.1, -0.05) is 18.2 Å². The van der Waals surface area contributed by atoms with Gasteiger partial charge in [0.2, 0.25) is 5.91 Å². The van der Waals surface area contributed by atoms with Gasteiger partial charge >= 0.3 is 6.18 Å². The molecule has 1 aliphatic rings. The van der Waals surface area contributed by atoms with Crippen molar-refractivity contribution in [3.8, 4) is 0 Å². The predicted molar refractivity (Wildman–Crippen MR) is 99.9 cm³/mol. The lowest BCUT2D eigenvalue weighted by Gasteiger charge is -2.36. The van der Waals surface area contributed by atoms with Crippen molar-refractivity contribution < 1.29 is 26.7 Å². The second-order valence-corrected chi connectivity index (χ2v) is 7.43. The number of amides is 1. The molecule has 5 nitrogen and oxygen atoms in total. The maximum absolute atomic E-state index is 12.9. The van der Waals surface area contributed by atoms with E-state index in [4.69, 9.17) is 0 Å². The first-order valence-corrected chi connectivity index (χ1v) is 9.57. The third kappa shape index (κ3) is 4.97. The summed E-state index contributed by atoms with van der Waals surface area (Å²) in [5.74, 6) is -0.222. The summed E-state index contributed by atoms with van der Waals surface area (Å²) >= 11 is 0. The Morgan fingerprint density at radius 1 is 1.13 bits per heavy atom. The average molecular weight is 430 g/mol. The Labute approximate surface area is 171 Å². The standard InChI is InChI=1S/C20H23F5N4O/c1-13-10-17(18(21)22)26-29(13)14(2)19(30)28-8-6-27(7-9-28)12-15-4-3-5-16(11-15)20(23,24)25/h3-5,10-11,14,18H,6-9,12H2,1-2H3. The highest BCUT2D eigenvalue weighted by Gasteiger charge is 2.31. The number of rotatable bonds is 5. The van der Waals surface area contributed by atoms with E-state index in [1.165, 1.54) is 16.8 Å². The van der Waals surface area contributed by atoms with Crippen LogP contribution in [0, 0.1) is 6.92 Å². The molecule has 30 heavy (non-hydrogen) atoms. The van der Waals surface area contributed by atoms with Crippen LogP contribution >= 0.6 is 0 Å². The molecule has 1 atom stereocenters. The minimum absolute atomic E-state index is 0.222. The number of hydrogen-bond acceptors (Lipinski definition) is 3. The minimum atomic E-state index is -4.38. The highest BCUT2D eigenvalue weighted by molar-refractivity contribution is 5.80. The van der Waals surface area contributed by atoms with E-state index >= 15 is 0 Å². The van der Waals surface area contributed by atoms with Gasteiger partial charge in [0.1, 0.15) is 11.7 Å². The van der Waals surface area contributed by atoms with Crippen molar-refractivity contribution in [3.63, 3.8) is 0 Å². The van der Waals surface area contributed by atoms with Crippen molar-refractivity contribution in [2.75, 3.05) is 26.2 Å². The largest absolute Gasteiger partial charge is 0.416 e. The fourth-order valence-electron chi connectivity index (χ4n) is 3.61. The number of carbonyl (C=O) groups is 1. The molecular weight excluding hydrogens is 407 g/mol. The van der Waals surface area contributed by atoms with Crippen LogP contribution < -0.4 is 0 Å². The molecule has 1 aromatic heterocycles. The molecule has 10 heteroatoms. The molecule has 164 valence electrons. The normalized spacial score (nSPS) is 16.9. The van der Waals surface area contributed by atoms with Crippen LogP contribution in [-0.2, 0) is 17.5 Å². The summed E-state index contributed by atoms with van der Waals surface area (Å²) in [5, 5.41) is 3.84. The molecule has 1 fully saturated rings. The topological polar surface area (TPSA) is 41.4 Å².